The van der Waals surface area contributed by atoms with Crippen molar-refractivity contribution in [1.82, 2.24) is 0 Å². The molecule has 0 unspecified atom stereocenters. The second-order valence-corrected chi connectivity index (χ2v) is 7.91. The van der Waals surface area contributed by atoms with E-state index in [0.717, 1.165) is 24.1 Å². The lowest BCUT2D eigenvalue weighted by atomic mass is 9.86. The molecule has 5 heteroatoms. The zero-order valence-corrected chi connectivity index (χ0v) is 16.9. The number of nitrogens with zero attached hydrogens (tertiary/aromatic N) is 1. The molecule has 2 aromatic carbocycles. The molecule has 148 valence electrons. The monoisotopic (exact) mass is 381 g/mol. The number of rotatable bonds is 5. The third-order valence-electron chi connectivity index (χ3n) is 4.64. The van der Waals surface area contributed by atoms with Gasteiger partial charge in [0.15, 0.2) is 11.5 Å². The van der Waals surface area contributed by atoms with Crippen LogP contribution in [0.3, 0.4) is 0 Å². The molecule has 28 heavy (non-hydrogen) atoms. The molecule has 0 aliphatic carbocycles. The third-order valence-corrected chi connectivity index (χ3v) is 4.64. The minimum absolute atomic E-state index is 0.123. The average molecular weight is 381 g/mol. The number of para-hydroxylation sites is 1. The number of anilines is 1. The van der Waals surface area contributed by atoms with Crippen LogP contribution in [0.2, 0.25) is 0 Å². The fourth-order valence-electron chi connectivity index (χ4n) is 3.08. The highest BCUT2D eigenvalue weighted by atomic mass is 16.6. The van der Waals surface area contributed by atoms with Crippen molar-refractivity contribution in [3.8, 4) is 17.2 Å². The molecule has 1 amide bonds. The maximum Gasteiger partial charge on any atom is 0.297 e. The van der Waals surface area contributed by atoms with Crippen molar-refractivity contribution in [2.75, 3.05) is 11.4 Å². The molecule has 0 atom stereocenters. The quantitative estimate of drug-likeness (QED) is 0.779. The zero-order valence-electron chi connectivity index (χ0n) is 16.9. The van der Waals surface area contributed by atoms with Crippen LogP contribution < -0.4 is 14.4 Å². The van der Waals surface area contributed by atoms with Gasteiger partial charge in [0.05, 0.1) is 0 Å². The van der Waals surface area contributed by atoms with E-state index >= 15 is 0 Å². The van der Waals surface area contributed by atoms with E-state index in [1.54, 1.807) is 11.0 Å². The minimum Gasteiger partial charge on any atom is -0.508 e. The second kappa shape index (κ2) is 7.97. The Morgan fingerprint density at radius 1 is 1.11 bits per heavy atom. The van der Waals surface area contributed by atoms with E-state index in [1.165, 1.54) is 12.3 Å². The summed E-state index contributed by atoms with van der Waals surface area (Å²) < 4.78 is 11.5. The van der Waals surface area contributed by atoms with E-state index in [0.29, 0.717) is 18.0 Å². The summed E-state index contributed by atoms with van der Waals surface area (Å²) in [7, 11) is 0. The Hall–Kier alpha value is -2.95. The van der Waals surface area contributed by atoms with E-state index in [1.807, 2.05) is 51.1 Å². The lowest BCUT2D eigenvalue weighted by Crippen LogP contribution is -2.35. The maximum atomic E-state index is 13.2. The number of phenols is 1. The highest BCUT2D eigenvalue weighted by Gasteiger charge is 2.28. The number of hydrogen-bond acceptors (Lipinski definition) is 4. The van der Waals surface area contributed by atoms with E-state index < -0.39 is 0 Å². The van der Waals surface area contributed by atoms with Crippen molar-refractivity contribution in [3.63, 3.8) is 0 Å². The third kappa shape index (κ3) is 4.14. The Kier molecular flexibility index (Phi) is 5.63. The molecule has 1 heterocycles. The first-order valence-corrected chi connectivity index (χ1v) is 9.60. The molecule has 5 nitrogen and oxygen atoms in total. The van der Waals surface area contributed by atoms with Crippen molar-refractivity contribution in [1.29, 1.82) is 0 Å². The molecule has 1 aliphatic heterocycles. The Morgan fingerprint density at radius 2 is 1.82 bits per heavy atom. The molecule has 1 N–H and O–H groups in total. The van der Waals surface area contributed by atoms with Crippen LogP contribution in [0.1, 0.15) is 46.1 Å². The van der Waals surface area contributed by atoms with Gasteiger partial charge in [0.2, 0.25) is 5.76 Å². The molecular weight excluding hydrogens is 354 g/mol. The number of ether oxygens (including phenoxy) is 2. The molecule has 0 radical (unpaired) electrons. The predicted octanol–water partition coefficient (Wildman–Crippen LogP) is 5.14. The summed E-state index contributed by atoms with van der Waals surface area (Å²) in [5, 5.41) is 10.3. The lowest BCUT2D eigenvalue weighted by Gasteiger charge is -2.27. The summed E-state index contributed by atoms with van der Waals surface area (Å²) in [4.78, 5) is 14.9. The number of carbonyl (C=O) groups excluding carboxylic acids is 1. The minimum atomic E-state index is -0.273. The van der Waals surface area contributed by atoms with Gasteiger partial charge in [0.1, 0.15) is 12.0 Å². The van der Waals surface area contributed by atoms with Gasteiger partial charge in [0.25, 0.3) is 5.91 Å². The summed E-state index contributed by atoms with van der Waals surface area (Å²) in [5.74, 6) is 0.833. The zero-order chi connectivity index (χ0) is 20.3. The number of unbranched alkanes of at least 4 members (excludes halogenated alkanes) is 1. The molecule has 2 aromatic rings. The van der Waals surface area contributed by atoms with E-state index in [9.17, 15) is 9.90 Å². The van der Waals surface area contributed by atoms with Crippen molar-refractivity contribution in [2.45, 2.75) is 46.0 Å². The Morgan fingerprint density at radius 3 is 2.46 bits per heavy atom. The first-order chi connectivity index (χ1) is 13.3. The Bertz CT molecular complexity index is 881. The van der Waals surface area contributed by atoms with Gasteiger partial charge < -0.3 is 19.5 Å². The van der Waals surface area contributed by atoms with Crippen LogP contribution in [0.5, 0.6) is 17.2 Å². The highest BCUT2D eigenvalue weighted by Crippen LogP contribution is 2.42. The summed E-state index contributed by atoms with van der Waals surface area (Å²) >= 11 is 0. The van der Waals surface area contributed by atoms with Crippen molar-refractivity contribution < 1.29 is 19.4 Å². The standard InChI is InChI=1S/C23H27NO4/c1-5-6-12-24(16-10-8-7-9-11-16)22(26)21-15-27-19-14-18(25)17(23(2,3)4)13-20(19)28-21/h7-11,13-15,25H,5-6,12H2,1-4H3. The molecule has 1 aliphatic rings. The van der Waals surface area contributed by atoms with E-state index in [4.69, 9.17) is 9.47 Å². The first kappa shape index (κ1) is 19.8. The van der Waals surface area contributed by atoms with Crippen molar-refractivity contribution in [3.05, 3.63) is 60.0 Å². The molecule has 0 fully saturated rings. The molecular formula is C23H27NO4. The van der Waals surface area contributed by atoms with Gasteiger partial charge in [-0.3, -0.25) is 4.79 Å². The van der Waals surface area contributed by atoms with Gasteiger partial charge in [0, 0.05) is 23.9 Å². The van der Waals surface area contributed by atoms with Gasteiger partial charge in [-0.15, -0.1) is 0 Å². The van der Waals surface area contributed by atoms with Crippen LogP contribution in [-0.2, 0) is 10.2 Å². The van der Waals surface area contributed by atoms with Crippen LogP contribution >= 0.6 is 0 Å². The highest BCUT2D eigenvalue weighted by molar-refractivity contribution is 6.04. The fraction of sp³-hybridized carbons (Fsp3) is 0.348. The van der Waals surface area contributed by atoms with Crippen LogP contribution in [0.25, 0.3) is 0 Å². The van der Waals surface area contributed by atoms with Crippen LogP contribution in [0.4, 0.5) is 5.69 Å². The van der Waals surface area contributed by atoms with Crippen molar-refractivity contribution >= 4 is 11.6 Å². The van der Waals surface area contributed by atoms with Crippen LogP contribution in [0, 0.1) is 0 Å². The predicted molar refractivity (Wildman–Crippen MR) is 110 cm³/mol. The number of phenolic OH excluding ortho intramolecular Hbond substituents is 1. The molecule has 0 bridgehead atoms. The number of amides is 1. The molecule has 0 saturated heterocycles. The van der Waals surface area contributed by atoms with Crippen LogP contribution in [-0.4, -0.2) is 17.6 Å². The van der Waals surface area contributed by atoms with Gasteiger partial charge in [-0.05, 0) is 30.0 Å². The molecule has 0 aromatic heterocycles. The Labute approximate surface area is 166 Å². The second-order valence-electron chi connectivity index (χ2n) is 7.91. The number of carbonyl (C=O) groups is 1. The normalized spacial score (nSPS) is 13.1. The van der Waals surface area contributed by atoms with Gasteiger partial charge in [-0.2, -0.15) is 0 Å². The molecule has 3 rings (SSSR count). The summed E-state index contributed by atoms with van der Waals surface area (Å²) in [6, 6.07) is 12.8. The van der Waals surface area contributed by atoms with Crippen LogP contribution in [0.15, 0.2) is 54.5 Å². The van der Waals surface area contributed by atoms with Gasteiger partial charge in [-0.25, -0.2) is 0 Å². The average Bonchev–Trinajstić information content (AvgIpc) is 2.67. The van der Waals surface area contributed by atoms with Gasteiger partial charge >= 0.3 is 0 Å². The van der Waals surface area contributed by atoms with Crippen molar-refractivity contribution in [2.24, 2.45) is 0 Å². The largest absolute Gasteiger partial charge is 0.508 e. The van der Waals surface area contributed by atoms with Gasteiger partial charge in [-0.1, -0.05) is 52.3 Å². The molecule has 0 saturated carbocycles. The molecule has 0 spiro atoms. The fourth-order valence-corrected chi connectivity index (χ4v) is 3.08. The maximum absolute atomic E-state index is 13.2. The number of benzene rings is 2. The first-order valence-electron chi connectivity index (χ1n) is 9.60. The SMILES string of the molecule is CCCCN(C(=O)C1=COc2cc(O)c(C(C)(C)C)cc2O1)c1ccccc1. The number of fused-ring (bicyclic) bond motifs is 1. The lowest BCUT2D eigenvalue weighted by molar-refractivity contribution is -0.117. The topological polar surface area (TPSA) is 59.0 Å². The smallest absolute Gasteiger partial charge is 0.297 e. The van der Waals surface area contributed by atoms with E-state index in [-0.39, 0.29) is 22.8 Å². The van der Waals surface area contributed by atoms with E-state index in [2.05, 4.69) is 6.92 Å². The summed E-state index contributed by atoms with van der Waals surface area (Å²) in [6.45, 7) is 8.69. The summed E-state index contributed by atoms with van der Waals surface area (Å²) in [5.41, 5.74) is 1.28. The number of hydrogen-bond donors (Lipinski definition) is 1. The Balaban J connectivity index is 1.89. The number of aromatic hydroxyl groups is 1. The summed E-state index contributed by atoms with van der Waals surface area (Å²) in [6.07, 6.45) is 3.17.